The Bertz CT molecular complexity index is 766. The van der Waals surface area contributed by atoms with Crippen molar-refractivity contribution in [2.45, 2.75) is 40.0 Å². The summed E-state index contributed by atoms with van der Waals surface area (Å²) in [5, 5.41) is 13.6. The molecule has 0 saturated heterocycles. The van der Waals surface area contributed by atoms with Crippen LogP contribution in [0.25, 0.3) is 0 Å². The van der Waals surface area contributed by atoms with Crippen LogP contribution in [0.4, 0.5) is 4.39 Å². The Hall–Kier alpha value is -2.15. The van der Waals surface area contributed by atoms with Crippen LogP contribution in [-0.4, -0.2) is 49.5 Å². The molecule has 2 N–H and O–H groups in total. The molecule has 0 aliphatic carbocycles. The number of methoxy groups -OCH3 is 1. The van der Waals surface area contributed by atoms with E-state index in [4.69, 9.17) is 9.47 Å². The lowest BCUT2D eigenvalue weighted by Gasteiger charge is -2.22. The number of ether oxygens (including phenoxy) is 2. The first kappa shape index (κ1) is 23.1. The highest BCUT2D eigenvalue weighted by Crippen LogP contribution is 2.28. The third-order valence-electron chi connectivity index (χ3n) is 4.98. The first-order chi connectivity index (χ1) is 14.0. The molecule has 29 heavy (non-hydrogen) atoms. The van der Waals surface area contributed by atoms with E-state index in [-0.39, 0.29) is 12.4 Å². The van der Waals surface area contributed by atoms with Gasteiger partial charge in [-0.3, -0.25) is 0 Å². The molecule has 0 bridgehead atoms. The SMILES string of the molecule is CCN(CC)CC(O)COc1cc(CNCc2cc(F)ccc2C)ccc1OC. The zero-order chi connectivity index (χ0) is 21.2. The van der Waals surface area contributed by atoms with Gasteiger partial charge >= 0.3 is 0 Å². The molecule has 5 nitrogen and oxygen atoms in total. The molecule has 0 spiro atoms. The Morgan fingerprint density at radius 3 is 2.52 bits per heavy atom. The predicted octanol–water partition coefficient (Wildman–Crippen LogP) is 3.51. The van der Waals surface area contributed by atoms with Gasteiger partial charge in [0, 0.05) is 19.6 Å². The van der Waals surface area contributed by atoms with Crippen LogP contribution in [0.15, 0.2) is 36.4 Å². The normalized spacial score (nSPS) is 12.2. The lowest BCUT2D eigenvalue weighted by Crippen LogP contribution is -2.35. The van der Waals surface area contributed by atoms with Gasteiger partial charge in [0.05, 0.1) is 7.11 Å². The Labute approximate surface area is 173 Å². The molecule has 2 aromatic rings. The van der Waals surface area contributed by atoms with Crippen LogP contribution in [0.3, 0.4) is 0 Å². The van der Waals surface area contributed by atoms with Gasteiger partial charge < -0.3 is 24.8 Å². The van der Waals surface area contributed by atoms with Crippen LogP contribution >= 0.6 is 0 Å². The van der Waals surface area contributed by atoms with Gasteiger partial charge in [-0.05, 0) is 61.0 Å². The van der Waals surface area contributed by atoms with Crippen molar-refractivity contribution in [1.29, 1.82) is 0 Å². The van der Waals surface area contributed by atoms with Crippen LogP contribution < -0.4 is 14.8 Å². The highest BCUT2D eigenvalue weighted by molar-refractivity contribution is 5.43. The summed E-state index contributed by atoms with van der Waals surface area (Å²) in [6.45, 7) is 9.86. The van der Waals surface area contributed by atoms with Crippen molar-refractivity contribution in [3.05, 3.63) is 58.9 Å². The molecule has 2 rings (SSSR count). The lowest BCUT2D eigenvalue weighted by molar-refractivity contribution is 0.0705. The van der Waals surface area contributed by atoms with E-state index >= 15 is 0 Å². The standard InChI is InChI=1S/C23H33FN2O3/c1-5-26(6-2)15-21(27)16-29-23-11-18(8-10-22(23)28-4)13-25-14-19-12-20(24)9-7-17(19)3/h7-12,21,25,27H,5-6,13-16H2,1-4H3. The lowest BCUT2D eigenvalue weighted by atomic mass is 10.1. The highest BCUT2D eigenvalue weighted by Gasteiger charge is 2.12. The maximum atomic E-state index is 13.4. The maximum absolute atomic E-state index is 13.4. The molecule has 0 aliphatic rings. The van der Waals surface area contributed by atoms with E-state index in [1.54, 1.807) is 19.2 Å². The minimum absolute atomic E-state index is 0.201. The summed E-state index contributed by atoms with van der Waals surface area (Å²) in [7, 11) is 1.60. The number of nitrogens with zero attached hydrogens (tertiary/aromatic N) is 1. The van der Waals surface area contributed by atoms with Crippen molar-refractivity contribution in [2.24, 2.45) is 0 Å². The summed E-state index contributed by atoms with van der Waals surface area (Å²) >= 11 is 0. The van der Waals surface area contributed by atoms with Crippen LogP contribution in [0.5, 0.6) is 11.5 Å². The Morgan fingerprint density at radius 2 is 1.83 bits per heavy atom. The largest absolute Gasteiger partial charge is 0.493 e. The van der Waals surface area contributed by atoms with Crippen molar-refractivity contribution in [3.63, 3.8) is 0 Å². The number of aliphatic hydroxyl groups is 1. The predicted molar refractivity (Wildman–Crippen MR) is 114 cm³/mol. The van der Waals surface area contributed by atoms with E-state index in [0.717, 1.165) is 29.8 Å². The zero-order valence-corrected chi connectivity index (χ0v) is 17.9. The summed E-state index contributed by atoms with van der Waals surface area (Å²) in [4.78, 5) is 2.15. The zero-order valence-electron chi connectivity index (χ0n) is 17.9. The number of nitrogens with one attached hydrogen (secondary N) is 1. The first-order valence-electron chi connectivity index (χ1n) is 10.1. The Morgan fingerprint density at radius 1 is 1.07 bits per heavy atom. The van der Waals surface area contributed by atoms with Gasteiger partial charge in [0.1, 0.15) is 18.5 Å². The fourth-order valence-electron chi connectivity index (χ4n) is 3.13. The van der Waals surface area contributed by atoms with E-state index in [2.05, 4.69) is 24.1 Å². The number of likely N-dealkylation sites (N-methyl/N-ethyl adjacent to an activating group) is 1. The van der Waals surface area contributed by atoms with Crippen LogP contribution in [0.1, 0.15) is 30.5 Å². The van der Waals surface area contributed by atoms with Crippen LogP contribution in [0, 0.1) is 12.7 Å². The molecule has 1 atom stereocenters. The first-order valence-corrected chi connectivity index (χ1v) is 10.1. The molecule has 0 amide bonds. The van der Waals surface area contributed by atoms with Gasteiger partial charge in [-0.25, -0.2) is 4.39 Å². The molecular weight excluding hydrogens is 371 g/mol. The molecule has 0 aliphatic heterocycles. The molecule has 6 heteroatoms. The molecule has 0 heterocycles. The monoisotopic (exact) mass is 404 g/mol. The molecule has 2 aromatic carbocycles. The number of hydrogen-bond acceptors (Lipinski definition) is 5. The van der Waals surface area contributed by atoms with Crippen LogP contribution in [-0.2, 0) is 13.1 Å². The summed E-state index contributed by atoms with van der Waals surface area (Å²) in [6, 6.07) is 10.5. The van der Waals surface area contributed by atoms with Crippen molar-refractivity contribution in [1.82, 2.24) is 10.2 Å². The van der Waals surface area contributed by atoms with Gasteiger partial charge in [0.15, 0.2) is 11.5 Å². The highest BCUT2D eigenvalue weighted by atomic mass is 19.1. The second kappa shape index (κ2) is 11.8. The van der Waals surface area contributed by atoms with Gasteiger partial charge in [0.25, 0.3) is 0 Å². The Kier molecular flexibility index (Phi) is 9.38. The minimum atomic E-state index is -0.572. The second-order valence-corrected chi connectivity index (χ2v) is 7.11. The van der Waals surface area contributed by atoms with E-state index in [1.165, 1.54) is 6.07 Å². The van der Waals surface area contributed by atoms with Gasteiger partial charge in [-0.2, -0.15) is 0 Å². The van der Waals surface area contributed by atoms with Crippen molar-refractivity contribution < 1.29 is 19.0 Å². The third-order valence-corrected chi connectivity index (χ3v) is 4.98. The van der Waals surface area contributed by atoms with E-state index in [0.29, 0.717) is 31.1 Å². The average Bonchev–Trinajstić information content (AvgIpc) is 2.73. The van der Waals surface area contributed by atoms with Crippen molar-refractivity contribution in [2.75, 3.05) is 33.4 Å². The minimum Gasteiger partial charge on any atom is -0.493 e. The number of aliphatic hydroxyl groups excluding tert-OH is 1. The number of hydrogen-bond donors (Lipinski definition) is 2. The summed E-state index contributed by atoms with van der Waals surface area (Å²) < 4.78 is 24.6. The number of aryl methyl sites for hydroxylation is 1. The van der Waals surface area contributed by atoms with Crippen molar-refractivity contribution in [3.8, 4) is 11.5 Å². The van der Waals surface area contributed by atoms with Gasteiger partial charge in [0.2, 0.25) is 0 Å². The fourth-order valence-corrected chi connectivity index (χ4v) is 3.13. The second-order valence-electron chi connectivity index (χ2n) is 7.11. The topological polar surface area (TPSA) is 54.0 Å². The summed E-state index contributed by atoms with van der Waals surface area (Å²) in [5.41, 5.74) is 3.02. The number of rotatable bonds is 12. The quantitative estimate of drug-likeness (QED) is 0.567. The Balaban J connectivity index is 1.94. The smallest absolute Gasteiger partial charge is 0.161 e. The van der Waals surface area contributed by atoms with E-state index in [1.807, 2.05) is 25.1 Å². The van der Waals surface area contributed by atoms with Crippen molar-refractivity contribution >= 4 is 0 Å². The molecule has 0 aromatic heterocycles. The molecule has 0 saturated carbocycles. The molecule has 0 fully saturated rings. The molecule has 160 valence electrons. The van der Waals surface area contributed by atoms with E-state index in [9.17, 15) is 9.50 Å². The maximum Gasteiger partial charge on any atom is 0.161 e. The number of halogens is 1. The average molecular weight is 405 g/mol. The van der Waals surface area contributed by atoms with Gasteiger partial charge in [-0.15, -0.1) is 0 Å². The summed E-state index contributed by atoms with van der Waals surface area (Å²) in [6.07, 6.45) is -0.572. The van der Waals surface area contributed by atoms with Crippen LogP contribution in [0.2, 0.25) is 0 Å². The fraction of sp³-hybridized carbons (Fsp3) is 0.478. The molecule has 0 radical (unpaired) electrons. The van der Waals surface area contributed by atoms with E-state index < -0.39 is 6.10 Å². The number of benzene rings is 2. The summed E-state index contributed by atoms with van der Waals surface area (Å²) in [5.74, 6) is 1.01. The molecule has 1 unspecified atom stereocenters. The third kappa shape index (κ3) is 7.31. The molecular formula is C23H33FN2O3. The van der Waals surface area contributed by atoms with Gasteiger partial charge in [-0.1, -0.05) is 26.0 Å².